The summed E-state index contributed by atoms with van der Waals surface area (Å²) in [4.78, 5) is 31.9. The molecule has 2 heterocycles. The van der Waals surface area contributed by atoms with Crippen LogP contribution in [0.2, 0.25) is 10.3 Å². The monoisotopic (exact) mass is 384 g/mol. The van der Waals surface area contributed by atoms with Crippen LogP contribution in [0.5, 0.6) is 0 Å². The normalized spacial score (nSPS) is 10.4. The highest BCUT2D eigenvalue weighted by molar-refractivity contribution is 6.34. The molecule has 1 amide bonds. The fourth-order valence-electron chi connectivity index (χ4n) is 2.06. The zero-order chi connectivity index (χ0) is 18.6. The number of hydrogen-bond acceptors (Lipinski definition) is 6. The first-order valence-corrected chi connectivity index (χ1v) is 7.95. The molecule has 25 heavy (non-hydrogen) atoms. The lowest BCUT2D eigenvalue weighted by atomic mass is 10.2. The molecule has 132 valence electrons. The lowest BCUT2D eigenvalue weighted by molar-refractivity contribution is -0.384. The van der Waals surface area contributed by atoms with E-state index in [2.05, 4.69) is 9.97 Å². The largest absolute Gasteiger partial charge is 0.449 e. The summed E-state index contributed by atoms with van der Waals surface area (Å²) in [6.45, 7) is 3.54. The molecular weight excluding hydrogens is 371 g/mol. The molecule has 0 spiro atoms. The lowest BCUT2D eigenvalue weighted by Crippen LogP contribution is -2.32. The van der Waals surface area contributed by atoms with E-state index in [1.165, 1.54) is 6.07 Å². The van der Waals surface area contributed by atoms with Crippen molar-refractivity contribution in [2.75, 3.05) is 11.5 Å². The van der Waals surface area contributed by atoms with Crippen LogP contribution in [0.1, 0.15) is 18.2 Å². The minimum absolute atomic E-state index is 0.0103. The van der Waals surface area contributed by atoms with Crippen LogP contribution in [0.4, 0.5) is 16.2 Å². The molecule has 2 aromatic rings. The number of nitrogens with zero attached hydrogens (tertiary/aromatic N) is 4. The fraction of sp³-hybridized carbons (Fsp3) is 0.267. The van der Waals surface area contributed by atoms with Crippen molar-refractivity contribution in [2.45, 2.75) is 20.4 Å². The maximum absolute atomic E-state index is 12.4. The van der Waals surface area contributed by atoms with Crippen molar-refractivity contribution >= 4 is 40.7 Å². The van der Waals surface area contributed by atoms with E-state index in [0.717, 1.165) is 10.6 Å². The van der Waals surface area contributed by atoms with Gasteiger partial charge in [0.1, 0.15) is 10.8 Å². The molecule has 2 rings (SSSR count). The molecule has 0 N–H and O–H groups in total. The minimum Gasteiger partial charge on any atom is -0.449 e. The summed E-state index contributed by atoms with van der Waals surface area (Å²) in [5.41, 5.74) is 0.817. The molecule has 0 aliphatic heterocycles. The summed E-state index contributed by atoms with van der Waals surface area (Å²) in [5, 5.41) is 10.9. The zero-order valence-electron chi connectivity index (χ0n) is 13.4. The first kappa shape index (κ1) is 18.9. The van der Waals surface area contributed by atoms with Crippen LogP contribution in [0.25, 0.3) is 0 Å². The maximum atomic E-state index is 12.4. The highest BCUT2D eigenvalue weighted by Crippen LogP contribution is 2.37. The second-order valence-corrected chi connectivity index (χ2v) is 5.70. The van der Waals surface area contributed by atoms with Crippen LogP contribution in [0.15, 0.2) is 24.4 Å². The molecule has 10 heteroatoms. The van der Waals surface area contributed by atoms with Gasteiger partial charge in [0.15, 0.2) is 0 Å². The van der Waals surface area contributed by atoms with Crippen LogP contribution in [0, 0.1) is 17.0 Å². The van der Waals surface area contributed by atoms with Crippen molar-refractivity contribution in [3.05, 3.63) is 56.1 Å². The topological polar surface area (TPSA) is 98.5 Å². The molecule has 0 bridgehead atoms. The van der Waals surface area contributed by atoms with E-state index in [0.29, 0.717) is 5.56 Å². The summed E-state index contributed by atoms with van der Waals surface area (Å²) in [6, 6.07) is 4.72. The van der Waals surface area contributed by atoms with Crippen molar-refractivity contribution < 1.29 is 14.5 Å². The van der Waals surface area contributed by atoms with Crippen LogP contribution < -0.4 is 4.90 Å². The molecular formula is C15H14Cl2N4O4. The van der Waals surface area contributed by atoms with Crippen LogP contribution in [-0.2, 0) is 11.3 Å². The number of aromatic nitrogens is 2. The first-order valence-electron chi connectivity index (χ1n) is 7.19. The van der Waals surface area contributed by atoms with Gasteiger partial charge in [0.05, 0.1) is 18.1 Å². The van der Waals surface area contributed by atoms with Gasteiger partial charge < -0.3 is 4.74 Å². The Kier molecular flexibility index (Phi) is 6.11. The molecule has 2 aromatic heterocycles. The Morgan fingerprint density at radius 1 is 1.40 bits per heavy atom. The molecule has 0 aromatic carbocycles. The third-order valence-electron chi connectivity index (χ3n) is 3.17. The summed E-state index contributed by atoms with van der Waals surface area (Å²) in [7, 11) is 0. The number of pyridine rings is 2. The average molecular weight is 385 g/mol. The highest BCUT2D eigenvalue weighted by atomic mass is 35.5. The third kappa shape index (κ3) is 4.55. The van der Waals surface area contributed by atoms with Gasteiger partial charge in [0, 0.05) is 18.0 Å². The maximum Gasteiger partial charge on any atom is 0.414 e. The Bertz CT molecular complexity index is 799. The second-order valence-electron chi connectivity index (χ2n) is 4.95. The van der Waals surface area contributed by atoms with E-state index >= 15 is 0 Å². The molecule has 0 atom stereocenters. The number of aryl methyl sites for hydroxylation is 1. The van der Waals surface area contributed by atoms with Gasteiger partial charge in [-0.05, 0) is 25.5 Å². The van der Waals surface area contributed by atoms with Gasteiger partial charge in [-0.1, -0.05) is 29.3 Å². The predicted octanol–water partition coefficient (Wildman–Crippen LogP) is 4.16. The fourth-order valence-corrected chi connectivity index (χ4v) is 2.55. The predicted molar refractivity (Wildman–Crippen MR) is 93.1 cm³/mol. The quantitative estimate of drug-likeness (QED) is 0.435. The van der Waals surface area contributed by atoms with Gasteiger partial charge in [-0.15, -0.1) is 0 Å². The van der Waals surface area contributed by atoms with Gasteiger partial charge in [0.2, 0.25) is 5.15 Å². The number of amides is 1. The molecule has 0 unspecified atom stereocenters. The SMILES string of the molecule is CCOC(=O)N(Cc1ccc(C)nc1)c1cc(Cl)nc(Cl)c1[N+](=O)[O-]. The van der Waals surface area contributed by atoms with Crippen LogP contribution >= 0.6 is 23.2 Å². The van der Waals surface area contributed by atoms with Crippen molar-refractivity contribution in [3.8, 4) is 0 Å². The van der Waals surface area contributed by atoms with E-state index in [1.807, 2.05) is 6.92 Å². The van der Waals surface area contributed by atoms with Crippen molar-refractivity contribution in [3.63, 3.8) is 0 Å². The third-order valence-corrected chi connectivity index (χ3v) is 3.63. The van der Waals surface area contributed by atoms with Crippen LogP contribution in [-0.4, -0.2) is 27.6 Å². The summed E-state index contributed by atoms with van der Waals surface area (Å²) in [6.07, 6.45) is 0.794. The summed E-state index contributed by atoms with van der Waals surface area (Å²) < 4.78 is 5.01. The van der Waals surface area contributed by atoms with E-state index in [-0.39, 0.29) is 24.0 Å². The Hall–Kier alpha value is -2.45. The highest BCUT2D eigenvalue weighted by Gasteiger charge is 2.30. The van der Waals surface area contributed by atoms with E-state index in [4.69, 9.17) is 27.9 Å². The van der Waals surface area contributed by atoms with Gasteiger partial charge in [-0.25, -0.2) is 9.78 Å². The Morgan fingerprint density at radius 2 is 2.12 bits per heavy atom. The van der Waals surface area contributed by atoms with Crippen molar-refractivity contribution in [1.82, 2.24) is 9.97 Å². The van der Waals surface area contributed by atoms with Gasteiger partial charge in [-0.3, -0.25) is 20.0 Å². The first-order chi connectivity index (χ1) is 11.8. The molecule has 0 saturated heterocycles. The standard InChI is InChI=1S/C15H14Cl2N4O4/c1-3-25-15(22)20(8-10-5-4-9(2)18-7-10)11-6-12(16)19-14(17)13(11)21(23)24/h4-7H,3,8H2,1-2H3. The van der Waals surface area contributed by atoms with Gasteiger partial charge >= 0.3 is 11.8 Å². The van der Waals surface area contributed by atoms with E-state index in [9.17, 15) is 14.9 Å². The number of halogens is 2. The van der Waals surface area contributed by atoms with Gasteiger partial charge in [0.25, 0.3) is 0 Å². The summed E-state index contributed by atoms with van der Waals surface area (Å²) >= 11 is 11.7. The molecule has 0 fully saturated rings. The molecule has 0 saturated carbocycles. The molecule has 0 aliphatic carbocycles. The number of carbonyl (C=O) groups is 1. The molecule has 0 radical (unpaired) electrons. The van der Waals surface area contributed by atoms with Crippen molar-refractivity contribution in [2.24, 2.45) is 0 Å². The zero-order valence-corrected chi connectivity index (χ0v) is 14.9. The lowest BCUT2D eigenvalue weighted by Gasteiger charge is -2.22. The number of hydrogen-bond donors (Lipinski definition) is 0. The smallest absolute Gasteiger partial charge is 0.414 e. The van der Waals surface area contributed by atoms with E-state index < -0.39 is 21.9 Å². The summed E-state index contributed by atoms with van der Waals surface area (Å²) in [5.74, 6) is 0. The number of nitro groups is 1. The number of anilines is 1. The molecule has 0 aliphatic rings. The number of rotatable bonds is 5. The Labute approximate surface area is 153 Å². The second kappa shape index (κ2) is 8.09. The Morgan fingerprint density at radius 3 is 2.68 bits per heavy atom. The Balaban J connectivity index is 2.54. The number of carbonyl (C=O) groups excluding carboxylic acids is 1. The average Bonchev–Trinajstić information content (AvgIpc) is 2.53. The van der Waals surface area contributed by atoms with Crippen molar-refractivity contribution in [1.29, 1.82) is 0 Å². The number of ether oxygens (including phenoxy) is 1. The van der Waals surface area contributed by atoms with Gasteiger partial charge in [-0.2, -0.15) is 0 Å². The molecule has 8 nitrogen and oxygen atoms in total. The van der Waals surface area contributed by atoms with E-state index in [1.54, 1.807) is 25.3 Å². The van der Waals surface area contributed by atoms with Crippen LogP contribution in [0.3, 0.4) is 0 Å². The minimum atomic E-state index is -0.774.